The quantitative estimate of drug-likeness (QED) is 0.0737. The van der Waals surface area contributed by atoms with Gasteiger partial charge in [-0.2, -0.15) is 4.98 Å². The van der Waals surface area contributed by atoms with Gasteiger partial charge in [0.15, 0.2) is 10.9 Å². The highest BCUT2D eigenvalue weighted by atomic mass is 35.5. The first kappa shape index (κ1) is 29.6. The minimum atomic E-state index is -0.252. The maximum Gasteiger partial charge on any atom is 0.277 e. The molecular weight excluding hydrogens is 542 g/mol. The summed E-state index contributed by atoms with van der Waals surface area (Å²) in [6, 6.07) is 20.6. The average molecular weight is 576 g/mol. The molecule has 0 saturated heterocycles. The lowest BCUT2D eigenvalue weighted by molar-refractivity contribution is 0.0979. The molecule has 2 aromatic heterocycles. The average Bonchev–Trinajstić information content (AvgIpc) is 2.95. The molecule has 2 aromatic carbocycles. The van der Waals surface area contributed by atoms with E-state index in [1.165, 1.54) is 4.57 Å². The van der Waals surface area contributed by atoms with Gasteiger partial charge in [0.25, 0.3) is 11.1 Å². The Morgan fingerprint density at radius 2 is 1.62 bits per heavy atom. The Morgan fingerprint density at radius 1 is 0.900 bits per heavy atom. The first-order valence-corrected chi connectivity index (χ1v) is 15.0. The maximum atomic E-state index is 12.9. The van der Waals surface area contributed by atoms with E-state index < -0.39 is 0 Å². The number of hydrogen-bond acceptors (Lipinski definition) is 5. The summed E-state index contributed by atoms with van der Waals surface area (Å²) in [6.07, 6.45) is 9.54. The van der Waals surface area contributed by atoms with E-state index in [1.54, 1.807) is 55.3 Å². The van der Waals surface area contributed by atoms with Gasteiger partial charge in [-0.25, -0.2) is 0 Å². The van der Waals surface area contributed by atoms with E-state index in [4.69, 9.17) is 11.6 Å². The van der Waals surface area contributed by atoms with E-state index in [2.05, 4.69) is 17.1 Å². The molecule has 2 heterocycles. The van der Waals surface area contributed by atoms with Gasteiger partial charge in [-0.3, -0.25) is 14.4 Å². The van der Waals surface area contributed by atoms with Crippen molar-refractivity contribution < 1.29 is 4.79 Å². The summed E-state index contributed by atoms with van der Waals surface area (Å²) in [5.74, 6) is 1.02. The van der Waals surface area contributed by atoms with Gasteiger partial charge >= 0.3 is 0 Å². The van der Waals surface area contributed by atoms with Gasteiger partial charge in [-0.05, 0) is 54.3 Å². The van der Waals surface area contributed by atoms with Crippen molar-refractivity contribution in [1.29, 1.82) is 0 Å². The first-order chi connectivity index (χ1) is 19.4. The Morgan fingerprint density at radius 3 is 2.38 bits per heavy atom. The maximum absolute atomic E-state index is 12.9. The van der Waals surface area contributed by atoms with Crippen LogP contribution >= 0.6 is 23.4 Å². The van der Waals surface area contributed by atoms with Crippen LogP contribution in [0, 0.1) is 0 Å². The molecule has 0 aliphatic heterocycles. The number of nitrogens with zero attached hydrogens (tertiary/aromatic N) is 3. The minimum absolute atomic E-state index is 0.101. The summed E-state index contributed by atoms with van der Waals surface area (Å²) in [7, 11) is 1.70. The summed E-state index contributed by atoms with van der Waals surface area (Å²) >= 11 is 7.50. The van der Waals surface area contributed by atoms with Crippen molar-refractivity contribution in [3.05, 3.63) is 127 Å². The third-order valence-corrected chi connectivity index (χ3v) is 8.06. The highest BCUT2D eigenvalue weighted by Crippen LogP contribution is 2.20. The number of hydrogen-bond donors (Lipinski definition) is 0. The summed E-state index contributed by atoms with van der Waals surface area (Å²) in [4.78, 5) is 41.7. The molecular formula is C32H34ClN3O3S. The van der Waals surface area contributed by atoms with E-state index in [9.17, 15) is 14.4 Å². The Bertz CT molecular complexity index is 1530. The van der Waals surface area contributed by atoms with E-state index >= 15 is 0 Å². The molecule has 8 heteroatoms. The molecule has 4 rings (SSSR count). The van der Waals surface area contributed by atoms with Crippen LogP contribution in [0.25, 0.3) is 0 Å². The van der Waals surface area contributed by atoms with Crippen molar-refractivity contribution in [2.45, 2.75) is 56.6 Å². The molecule has 4 aromatic rings. The fourth-order valence-electron chi connectivity index (χ4n) is 4.43. The number of aromatic nitrogens is 3. The van der Waals surface area contributed by atoms with Crippen LogP contribution in [0.3, 0.4) is 0 Å². The second-order valence-electron chi connectivity index (χ2n) is 9.92. The SMILES string of the molecule is Cn1ccc(Cc2cn(Cc3ccccc3)c(SCCCCCCCC(=O)c3ccc(Cl)cc3)nc2=O)cc1=O. The topological polar surface area (TPSA) is 74.0 Å². The number of rotatable bonds is 14. The van der Waals surface area contributed by atoms with Crippen LogP contribution < -0.4 is 11.1 Å². The summed E-state index contributed by atoms with van der Waals surface area (Å²) in [5.41, 5.74) is 2.86. The molecule has 0 amide bonds. The number of carbonyl (C=O) groups is 1. The van der Waals surface area contributed by atoms with Crippen LogP contribution in [-0.4, -0.2) is 25.7 Å². The Balaban J connectivity index is 1.30. The molecule has 208 valence electrons. The second kappa shape index (κ2) is 14.8. The molecule has 40 heavy (non-hydrogen) atoms. The Hall–Kier alpha value is -3.42. The Labute approximate surface area is 244 Å². The van der Waals surface area contributed by atoms with Gasteiger partial charge in [-0.1, -0.05) is 73.0 Å². The zero-order valence-corrected chi connectivity index (χ0v) is 24.3. The zero-order chi connectivity index (χ0) is 28.3. The number of aryl methyl sites for hydroxylation is 1. The lowest BCUT2D eigenvalue weighted by Gasteiger charge is -2.14. The zero-order valence-electron chi connectivity index (χ0n) is 22.7. The van der Waals surface area contributed by atoms with E-state index in [0.29, 0.717) is 40.7 Å². The molecule has 0 fully saturated rings. The molecule has 6 nitrogen and oxygen atoms in total. The largest absolute Gasteiger partial charge is 0.323 e. The summed E-state index contributed by atoms with van der Waals surface area (Å²) < 4.78 is 3.55. The van der Waals surface area contributed by atoms with Crippen LogP contribution in [0.5, 0.6) is 0 Å². The van der Waals surface area contributed by atoms with Gasteiger partial charge in [-0.15, -0.1) is 0 Å². The van der Waals surface area contributed by atoms with Crippen molar-refractivity contribution in [3.63, 3.8) is 0 Å². The monoisotopic (exact) mass is 575 g/mol. The van der Waals surface area contributed by atoms with Gasteiger partial charge in [0.1, 0.15) is 0 Å². The number of thioether (sulfide) groups is 1. The van der Waals surface area contributed by atoms with Gasteiger partial charge in [0.2, 0.25) is 0 Å². The molecule has 0 unspecified atom stereocenters. The van der Waals surface area contributed by atoms with Crippen LogP contribution in [0.2, 0.25) is 5.02 Å². The molecule has 0 atom stereocenters. The van der Waals surface area contributed by atoms with Crippen molar-refractivity contribution in [2.75, 3.05) is 5.75 Å². The number of carbonyl (C=O) groups excluding carboxylic acids is 1. The van der Waals surface area contributed by atoms with Crippen LogP contribution in [0.1, 0.15) is 65.6 Å². The van der Waals surface area contributed by atoms with Crippen molar-refractivity contribution in [2.24, 2.45) is 7.05 Å². The Kier molecular flexibility index (Phi) is 11.0. The smallest absolute Gasteiger partial charge is 0.277 e. The van der Waals surface area contributed by atoms with E-state index in [-0.39, 0.29) is 16.9 Å². The fourth-order valence-corrected chi connectivity index (χ4v) is 5.52. The molecule has 0 aliphatic carbocycles. The predicted molar refractivity (Wildman–Crippen MR) is 163 cm³/mol. The minimum Gasteiger partial charge on any atom is -0.323 e. The lowest BCUT2D eigenvalue weighted by atomic mass is 10.0. The highest BCUT2D eigenvalue weighted by Gasteiger charge is 2.12. The number of ketones is 1. The summed E-state index contributed by atoms with van der Waals surface area (Å²) in [5, 5.41) is 1.34. The van der Waals surface area contributed by atoms with Crippen LogP contribution in [0.15, 0.2) is 93.9 Å². The van der Waals surface area contributed by atoms with Gasteiger partial charge in [0.05, 0.1) is 0 Å². The molecule has 0 aliphatic rings. The van der Waals surface area contributed by atoms with Crippen molar-refractivity contribution in [1.82, 2.24) is 14.1 Å². The second-order valence-corrected chi connectivity index (χ2v) is 11.4. The van der Waals surface area contributed by atoms with E-state index in [1.807, 2.05) is 35.0 Å². The molecule has 0 spiro atoms. The first-order valence-electron chi connectivity index (χ1n) is 13.6. The molecule has 0 saturated carbocycles. The molecule has 0 radical (unpaired) electrons. The van der Waals surface area contributed by atoms with Crippen molar-refractivity contribution in [3.8, 4) is 0 Å². The number of pyridine rings is 1. The predicted octanol–water partition coefficient (Wildman–Crippen LogP) is 6.55. The van der Waals surface area contributed by atoms with E-state index in [0.717, 1.165) is 49.0 Å². The number of Topliss-reactive ketones (excluding diaryl/α,β-unsaturated/α-hetero) is 1. The fraction of sp³-hybridized carbons (Fsp3) is 0.312. The lowest BCUT2D eigenvalue weighted by Crippen LogP contribution is -2.21. The molecule has 0 N–H and O–H groups in total. The van der Waals surface area contributed by atoms with Crippen LogP contribution in [-0.2, 0) is 20.0 Å². The third-order valence-electron chi connectivity index (χ3n) is 6.73. The molecule has 0 bridgehead atoms. The van der Waals surface area contributed by atoms with Crippen LogP contribution in [0.4, 0.5) is 0 Å². The normalized spacial score (nSPS) is 11.1. The summed E-state index contributed by atoms with van der Waals surface area (Å²) in [6.45, 7) is 0.613. The number of unbranched alkanes of at least 4 members (excludes halogenated alkanes) is 4. The highest BCUT2D eigenvalue weighted by molar-refractivity contribution is 7.99. The number of halogens is 1. The van der Waals surface area contributed by atoms with Gasteiger partial charge in [0, 0.05) is 66.8 Å². The number of benzene rings is 2. The third kappa shape index (κ3) is 8.80. The van der Waals surface area contributed by atoms with Crippen molar-refractivity contribution >= 4 is 29.1 Å². The van der Waals surface area contributed by atoms with Gasteiger partial charge < -0.3 is 9.13 Å². The standard InChI is InChI=1S/C32H34ClN3O3S/c1-35-18-17-25(21-30(35)38)20-27-23-36(22-24-10-6-5-7-11-24)32(34-31(27)39)40-19-9-4-2-3-8-12-29(37)26-13-15-28(33)16-14-26/h5-7,10-11,13-18,21,23H,2-4,8-9,12,19-20,22H2,1H3.